The van der Waals surface area contributed by atoms with Gasteiger partial charge in [0, 0.05) is 29.8 Å². The normalized spacial score (nSPS) is 10.6. The topological polar surface area (TPSA) is 68.9 Å². The van der Waals surface area contributed by atoms with Gasteiger partial charge in [0.1, 0.15) is 11.0 Å². The van der Waals surface area contributed by atoms with Gasteiger partial charge >= 0.3 is 0 Å². The van der Waals surface area contributed by atoms with Crippen LogP contribution in [0.3, 0.4) is 0 Å². The van der Waals surface area contributed by atoms with Crippen molar-refractivity contribution in [2.75, 3.05) is 0 Å². The molecule has 110 valence electrons. The Hall–Kier alpha value is -2.01. The third kappa shape index (κ3) is 3.76. The Bertz CT molecular complexity index is 657. The summed E-state index contributed by atoms with van der Waals surface area (Å²) >= 11 is 6.24. The van der Waals surface area contributed by atoms with Crippen LogP contribution in [0.25, 0.3) is 0 Å². The van der Waals surface area contributed by atoms with Crippen LogP contribution < -0.4 is 0 Å². The van der Waals surface area contributed by atoms with E-state index in [0.29, 0.717) is 17.4 Å². The van der Waals surface area contributed by atoms with Crippen molar-refractivity contribution in [3.63, 3.8) is 0 Å². The van der Waals surface area contributed by atoms with E-state index >= 15 is 0 Å². The van der Waals surface area contributed by atoms with E-state index in [1.54, 1.807) is 12.1 Å². The van der Waals surface area contributed by atoms with Crippen molar-refractivity contribution >= 4 is 17.3 Å². The number of nitro benzene ring substituents is 1. The van der Waals surface area contributed by atoms with Gasteiger partial charge in [0.05, 0.1) is 4.92 Å². The Morgan fingerprint density at radius 2 is 1.90 bits per heavy atom. The largest absolute Gasteiger partial charge is 0.269 e. The zero-order valence-corrected chi connectivity index (χ0v) is 12.7. The number of nitro groups is 1. The van der Waals surface area contributed by atoms with Crippen molar-refractivity contribution in [3.05, 3.63) is 62.2 Å². The minimum absolute atomic E-state index is 0.0822. The monoisotopic (exact) mass is 305 g/mol. The molecule has 21 heavy (non-hydrogen) atoms. The average Bonchev–Trinajstić information content (AvgIpc) is 2.43. The van der Waals surface area contributed by atoms with E-state index < -0.39 is 4.92 Å². The number of aromatic nitrogens is 2. The summed E-state index contributed by atoms with van der Waals surface area (Å²) in [5, 5.41) is 11.1. The molecule has 0 amide bonds. The van der Waals surface area contributed by atoms with E-state index in [9.17, 15) is 10.1 Å². The molecule has 0 aliphatic rings. The predicted octanol–water partition coefficient (Wildman–Crippen LogP) is 3.89. The van der Waals surface area contributed by atoms with Crippen LogP contribution in [0.15, 0.2) is 24.3 Å². The first-order valence-corrected chi connectivity index (χ1v) is 7.14. The van der Waals surface area contributed by atoms with Gasteiger partial charge in [0.25, 0.3) is 5.69 Å². The zero-order valence-electron chi connectivity index (χ0n) is 12.0. The van der Waals surface area contributed by atoms with E-state index in [1.165, 1.54) is 12.1 Å². The molecule has 1 aromatic carbocycles. The number of hydrogen-bond donors (Lipinski definition) is 0. The van der Waals surface area contributed by atoms with E-state index in [-0.39, 0.29) is 5.69 Å². The molecule has 0 spiro atoms. The highest BCUT2D eigenvalue weighted by Crippen LogP contribution is 2.23. The molecule has 0 aliphatic heterocycles. The summed E-state index contributed by atoms with van der Waals surface area (Å²) in [6.07, 6.45) is 2.39. The van der Waals surface area contributed by atoms with Gasteiger partial charge in [-0.2, -0.15) is 0 Å². The third-order valence-corrected chi connectivity index (χ3v) is 3.48. The highest BCUT2D eigenvalue weighted by Gasteiger charge is 2.13. The maximum Gasteiger partial charge on any atom is 0.269 e. The summed E-state index contributed by atoms with van der Waals surface area (Å²) in [5.74, 6) is 0.663. The summed E-state index contributed by atoms with van der Waals surface area (Å²) in [6, 6.07) is 6.48. The molecule has 0 saturated heterocycles. The standard InChI is InChI=1S/C15H16ClN3O2/c1-3-4-14-13(15(16)18-10(2)17-14)9-11-5-7-12(8-6-11)19(20)21/h5-8H,3-4,9H2,1-2H3. The van der Waals surface area contributed by atoms with Crippen molar-refractivity contribution < 1.29 is 4.92 Å². The lowest BCUT2D eigenvalue weighted by Crippen LogP contribution is -2.04. The Balaban J connectivity index is 2.32. The van der Waals surface area contributed by atoms with Crippen LogP contribution in [-0.4, -0.2) is 14.9 Å². The average molecular weight is 306 g/mol. The summed E-state index contributed by atoms with van der Waals surface area (Å²) < 4.78 is 0. The summed E-state index contributed by atoms with van der Waals surface area (Å²) in [5.41, 5.74) is 2.89. The molecule has 0 radical (unpaired) electrons. The lowest BCUT2D eigenvalue weighted by molar-refractivity contribution is -0.384. The lowest BCUT2D eigenvalue weighted by Gasteiger charge is -2.10. The van der Waals surface area contributed by atoms with Gasteiger partial charge in [-0.05, 0) is 18.9 Å². The van der Waals surface area contributed by atoms with Gasteiger partial charge in [-0.25, -0.2) is 9.97 Å². The molecule has 0 N–H and O–H groups in total. The van der Waals surface area contributed by atoms with Crippen LogP contribution in [0.1, 0.15) is 36.0 Å². The van der Waals surface area contributed by atoms with Crippen molar-refractivity contribution in [2.45, 2.75) is 33.1 Å². The Morgan fingerprint density at radius 3 is 2.48 bits per heavy atom. The third-order valence-electron chi connectivity index (χ3n) is 3.17. The van der Waals surface area contributed by atoms with E-state index in [1.807, 2.05) is 6.92 Å². The van der Waals surface area contributed by atoms with Crippen molar-refractivity contribution in [1.82, 2.24) is 9.97 Å². The van der Waals surface area contributed by atoms with Crippen LogP contribution in [0, 0.1) is 17.0 Å². The van der Waals surface area contributed by atoms with Crippen LogP contribution in [0.4, 0.5) is 5.69 Å². The molecule has 0 saturated carbocycles. The highest BCUT2D eigenvalue weighted by atomic mass is 35.5. The van der Waals surface area contributed by atoms with Gasteiger partial charge in [-0.1, -0.05) is 37.1 Å². The molecule has 2 aromatic rings. The Kier molecular flexibility index (Phi) is 4.85. The second kappa shape index (κ2) is 6.63. The number of rotatable bonds is 5. The van der Waals surface area contributed by atoms with E-state index in [2.05, 4.69) is 16.9 Å². The van der Waals surface area contributed by atoms with Gasteiger partial charge in [0.2, 0.25) is 0 Å². The fraction of sp³-hybridized carbons (Fsp3) is 0.333. The highest BCUT2D eigenvalue weighted by molar-refractivity contribution is 6.30. The minimum atomic E-state index is -0.408. The molecular formula is C15H16ClN3O2. The first-order chi connectivity index (χ1) is 10.0. The molecule has 1 heterocycles. The zero-order chi connectivity index (χ0) is 15.4. The number of aryl methyl sites for hydroxylation is 2. The lowest BCUT2D eigenvalue weighted by atomic mass is 10.0. The van der Waals surface area contributed by atoms with Crippen molar-refractivity contribution in [3.8, 4) is 0 Å². The molecule has 1 aromatic heterocycles. The number of hydrogen-bond acceptors (Lipinski definition) is 4. The molecule has 0 bridgehead atoms. The van der Waals surface area contributed by atoms with Crippen LogP contribution >= 0.6 is 11.6 Å². The predicted molar refractivity (Wildman–Crippen MR) is 81.7 cm³/mol. The number of non-ortho nitro benzene ring substituents is 1. The summed E-state index contributed by atoms with van der Waals surface area (Å²) in [6.45, 7) is 3.90. The molecule has 6 heteroatoms. The van der Waals surface area contributed by atoms with E-state index in [4.69, 9.17) is 11.6 Å². The Morgan fingerprint density at radius 1 is 1.24 bits per heavy atom. The maximum atomic E-state index is 10.7. The first kappa shape index (κ1) is 15.4. The summed E-state index contributed by atoms with van der Waals surface area (Å²) in [4.78, 5) is 18.9. The molecule has 0 fully saturated rings. The number of nitrogens with zero attached hydrogens (tertiary/aromatic N) is 3. The van der Waals surface area contributed by atoms with Gasteiger partial charge in [0.15, 0.2) is 0 Å². The quantitative estimate of drug-likeness (QED) is 0.477. The first-order valence-electron chi connectivity index (χ1n) is 6.76. The van der Waals surface area contributed by atoms with E-state index in [0.717, 1.165) is 29.7 Å². The SMILES string of the molecule is CCCc1nc(C)nc(Cl)c1Cc1ccc([N+](=O)[O-])cc1. The van der Waals surface area contributed by atoms with Crippen LogP contribution in [0.2, 0.25) is 5.15 Å². The summed E-state index contributed by atoms with van der Waals surface area (Å²) in [7, 11) is 0. The molecule has 2 rings (SSSR count). The van der Waals surface area contributed by atoms with Crippen LogP contribution in [0.5, 0.6) is 0 Å². The fourth-order valence-corrected chi connectivity index (χ4v) is 2.47. The molecule has 0 aliphatic carbocycles. The van der Waals surface area contributed by atoms with Crippen LogP contribution in [-0.2, 0) is 12.8 Å². The second-order valence-corrected chi connectivity index (χ2v) is 5.20. The number of halogens is 1. The fourth-order valence-electron chi connectivity index (χ4n) is 2.17. The van der Waals surface area contributed by atoms with Gasteiger partial charge in [-0.15, -0.1) is 0 Å². The number of benzene rings is 1. The molecule has 0 unspecified atom stereocenters. The van der Waals surface area contributed by atoms with Crippen molar-refractivity contribution in [1.29, 1.82) is 0 Å². The molecule has 5 nitrogen and oxygen atoms in total. The van der Waals surface area contributed by atoms with Gasteiger partial charge < -0.3 is 0 Å². The Labute approximate surface area is 128 Å². The van der Waals surface area contributed by atoms with Gasteiger partial charge in [-0.3, -0.25) is 10.1 Å². The minimum Gasteiger partial charge on any atom is -0.258 e. The van der Waals surface area contributed by atoms with Crippen molar-refractivity contribution in [2.24, 2.45) is 0 Å². The maximum absolute atomic E-state index is 10.7. The molecular weight excluding hydrogens is 290 g/mol. The second-order valence-electron chi connectivity index (χ2n) is 4.84. The molecule has 0 atom stereocenters. The smallest absolute Gasteiger partial charge is 0.258 e.